The van der Waals surface area contributed by atoms with Crippen LogP contribution in [0.15, 0.2) is 35.7 Å². The second-order valence-corrected chi connectivity index (χ2v) is 6.38. The third kappa shape index (κ3) is 3.06. The second kappa shape index (κ2) is 6.02. The fourth-order valence-corrected chi connectivity index (χ4v) is 3.25. The van der Waals surface area contributed by atoms with Crippen molar-refractivity contribution < 1.29 is 24.5 Å². The number of amides is 1. The van der Waals surface area contributed by atoms with Gasteiger partial charge >= 0.3 is 5.97 Å². The van der Waals surface area contributed by atoms with Gasteiger partial charge in [-0.3, -0.25) is 4.79 Å². The number of ether oxygens (including phenoxy) is 1. The molecule has 0 saturated heterocycles. The Morgan fingerprint density at radius 1 is 1.35 bits per heavy atom. The SMILES string of the molecule is O=C(NC1(CO)COc2ccccc2C1)c1csc(C(=O)O)c1. The third-order valence-electron chi connectivity index (χ3n) is 3.76. The van der Waals surface area contributed by atoms with Crippen LogP contribution in [-0.2, 0) is 6.42 Å². The summed E-state index contributed by atoms with van der Waals surface area (Å²) in [5, 5.41) is 23.0. The highest BCUT2D eigenvalue weighted by Crippen LogP contribution is 2.29. The Balaban J connectivity index is 1.79. The van der Waals surface area contributed by atoms with Crippen LogP contribution in [0.3, 0.4) is 0 Å². The molecule has 2 heterocycles. The van der Waals surface area contributed by atoms with E-state index in [1.165, 1.54) is 11.4 Å². The molecule has 1 unspecified atom stereocenters. The van der Waals surface area contributed by atoms with Crippen molar-refractivity contribution in [2.45, 2.75) is 12.0 Å². The first kappa shape index (κ1) is 15.5. The highest BCUT2D eigenvalue weighted by molar-refractivity contribution is 7.12. The maximum Gasteiger partial charge on any atom is 0.345 e. The van der Waals surface area contributed by atoms with Gasteiger partial charge in [-0.25, -0.2) is 4.79 Å². The molecule has 120 valence electrons. The van der Waals surface area contributed by atoms with Gasteiger partial charge in [-0.2, -0.15) is 0 Å². The second-order valence-electron chi connectivity index (χ2n) is 5.47. The van der Waals surface area contributed by atoms with E-state index in [4.69, 9.17) is 9.84 Å². The fourth-order valence-electron chi connectivity index (χ4n) is 2.52. The number of para-hydroxylation sites is 1. The molecule has 1 aromatic heterocycles. The Morgan fingerprint density at radius 3 is 2.83 bits per heavy atom. The number of thiophene rings is 1. The first-order valence-electron chi connectivity index (χ1n) is 6.99. The minimum Gasteiger partial charge on any atom is -0.491 e. The number of rotatable bonds is 4. The molecule has 0 bridgehead atoms. The van der Waals surface area contributed by atoms with E-state index in [1.54, 1.807) is 0 Å². The van der Waals surface area contributed by atoms with Crippen LogP contribution in [0.25, 0.3) is 0 Å². The van der Waals surface area contributed by atoms with Crippen LogP contribution in [0, 0.1) is 0 Å². The number of fused-ring (bicyclic) bond motifs is 1. The summed E-state index contributed by atoms with van der Waals surface area (Å²) < 4.78 is 5.64. The monoisotopic (exact) mass is 333 g/mol. The zero-order valence-electron chi connectivity index (χ0n) is 12.1. The molecular weight excluding hydrogens is 318 g/mol. The third-order valence-corrected chi connectivity index (χ3v) is 4.68. The molecular formula is C16H15NO5S. The molecule has 1 aliphatic rings. The molecule has 3 rings (SSSR count). The number of hydrogen-bond acceptors (Lipinski definition) is 5. The zero-order chi connectivity index (χ0) is 16.4. The smallest absolute Gasteiger partial charge is 0.345 e. The van der Waals surface area contributed by atoms with E-state index in [9.17, 15) is 14.7 Å². The van der Waals surface area contributed by atoms with Crippen molar-refractivity contribution in [2.75, 3.05) is 13.2 Å². The van der Waals surface area contributed by atoms with Crippen molar-refractivity contribution >= 4 is 23.2 Å². The Hall–Kier alpha value is -2.38. The lowest BCUT2D eigenvalue weighted by atomic mass is 9.89. The number of benzene rings is 1. The van der Waals surface area contributed by atoms with E-state index in [0.717, 1.165) is 22.6 Å². The van der Waals surface area contributed by atoms with Gasteiger partial charge in [0.2, 0.25) is 0 Å². The van der Waals surface area contributed by atoms with Crippen molar-refractivity contribution in [1.29, 1.82) is 0 Å². The largest absolute Gasteiger partial charge is 0.491 e. The molecule has 0 radical (unpaired) electrons. The number of carbonyl (C=O) groups is 2. The summed E-state index contributed by atoms with van der Waals surface area (Å²) in [7, 11) is 0. The molecule has 2 aromatic rings. The number of hydrogen-bond donors (Lipinski definition) is 3. The molecule has 0 aliphatic carbocycles. The molecule has 0 fully saturated rings. The van der Waals surface area contributed by atoms with E-state index in [-0.39, 0.29) is 23.7 Å². The molecule has 0 saturated carbocycles. The number of carboxylic acids is 1. The molecule has 1 amide bonds. The van der Waals surface area contributed by atoms with Gasteiger partial charge in [-0.05, 0) is 17.7 Å². The van der Waals surface area contributed by atoms with Gasteiger partial charge in [0, 0.05) is 11.8 Å². The minimum atomic E-state index is -1.07. The van der Waals surface area contributed by atoms with Crippen LogP contribution in [-0.4, -0.2) is 40.8 Å². The number of nitrogens with one attached hydrogen (secondary N) is 1. The predicted octanol–water partition coefficient (Wildman–Crippen LogP) is 1.54. The summed E-state index contributed by atoms with van der Waals surface area (Å²) in [6, 6.07) is 8.79. The number of aliphatic hydroxyl groups excluding tert-OH is 1. The van der Waals surface area contributed by atoms with Crippen molar-refractivity contribution in [3.63, 3.8) is 0 Å². The van der Waals surface area contributed by atoms with Gasteiger partial charge in [0.15, 0.2) is 0 Å². The minimum absolute atomic E-state index is 0.0958. The van der Waals surface area contributed by atoms with Crippen molar-refractivity contribution in [1.82, 2.24) is 5.32 Å². The Bertz CT molecular complexity index is 756. The standard InChI is InChI=1S/C16H15NO5S/c18-8-16(6-10-3-1-2-4-12(10)22-9-16)17-14(19)11-5-13(15(20)21)23-7-11/h1-5,7,18H,6,8-9H2,(H,17,19)(H,20,21). The molecule has 1 atom stereocenters. The lowest BCUT2D eigenvalue weighted by Crippen LogP contribution is -2.58. The van der Waals surface area contributed by atoms with Crippen LogP contribution in [0.2, 0.25) is 0 Å². The first-order chi connectivity index (χ1) is 11.0. The van der Waals surface area contributed by atoms with Gasteiger partial charge in [0.1, 0.15) is 22.8 Å². The normalized spacial score (nSPS) is 19.5. The highest BCUT2D eigenvalue weighted by Gasteiger charge is 2.37. The van der Waals surface area contributed by atoms with Crippen LogP contribution < -0.4 is 10.1 Å². The van der Waals surface area contributed by atoms with Gasteiger partial charge in [0.25, 0.3) is 5.91 Å². The summed E-state index contributed by atoms with van der Waals surface area (Å²) >= 11 is 0.989. The maximum absolute atomic E-state index is 12.4. The molecule has 6 nitrogen and oxygen atoms in total. The summed E-state index contributed by atoms with van der Waals surface area (Å²) in [6.45, 7) is -0.120. The molecule has 3 N–H and O–H groups in total. The average molecular weight is 333 g/mol. The molecule has 7 heteroatoms. The Labute approximate surface area is 136 Å². The first-order valence-corrected chi connectivity index (χ1v) is 7.87. The van der Waals surface area contributed by atoms with E-state index in [0.29, 0.717) is 6.42 Å². The van der Waals surface area contributed by atoms with Crippen LogP contribution >= 0.6 is 11.3 Å². The number of carboxylic acid groups (broad SMARTS) is 1. The van der Waals surface area contributed by atoms with E-state index >= 15 is 0 Å². The van der Waals surface area contributed by atoms with Crippen LogP contribution in [0.1, 0.15) is 25.6 Å². The average Bonchev–Trinajstić information content (AvgIpc) is 3.05. The quantitative estimate of drug-likeness (QED) is 0.789. The fraction of sp³-hybridized carbons (Fsp3) is 0.250. The highest BCUT2D eigenvalue weighted by atomic mass is 32.1. The molecule has 1 aliphatic heterocycles. The summed E-state index contributed by atoms with van der Waals surface area (Å²) in [4.78, 5) is 23.4. The summed E-state index contributed by atoms with van der Waals surface area (Å²) in [6.07, 6.45) is 0.446. The Morgan fingerprint density at radius 2 is 2.13 bits per heavy atom. The lowest BCUT2D eigenvalue weighted by Gasteiger charge is -2.37. The lowest BCUT2D eigenvalue weighted by molar-refractivity contribution is 0.0654. The van der Waals surface area contributed by atoms with E-state index in [1.807, 2.05) is 24.3 Å². The van der Waals surface area contributed by atoms with Crippen molar-refractivity contribution in [3.05, 3.63) is 51.7 Å². The predicted molar refractivity (Wildman–Crippen MR) is 84.2 cm³/mol. The number of aliphatic hydroxyl groups is 1. The van der Waals surface area contributed by atoms with Crippen LogP contribution in [0.4, 0.5) is 0 Å². The Kier molecular flexibility index (Phi) is 4.06. The van der Waals surface area contributed by atoms with E-state index in [2.05, 4.69) is 5.32 Å². The van der Waals surface area contributed by atoms with Gasteiger partial charge in [-0.1, -0.05) is 18.2 Å². The molecule has 23 heavy (non-hydrogen) atoms. The van der Waals surface area contributed by atoms with Crippen molar-refractivity contribution in [2.24, 2.45) is 0 Å². The summed E-state index contributed by atoms with van der Waals surface area (Å²) in [5.74, 6) is -0.749. The number of aromatic carboxylic acids is 1. The zero-order valence-corrected chi connectivity index (χ0v) is 12.9. The molecule has 0 spiro atoms. The van der Waals surface area contributed by atoms with Gasteiger partial charge in [-0.15, -0.1) is 11.3 Å². The van der Waals surface area contributed by atoms with Gasteiger partial charge in [0.05, 0.1) is 12.2 Å². The maximum atomic E-state index is 12.4. The van der Waals surface area contributed by atoms with E-state index < -0.39 is 17.4 Å². The summed E-state index contributed by atoms with van der Waals surface area (Å²) in [5.41, 5.74) is 0.250. The molecule has 1 aromatic carbocycles. The van der Waals surface area contributed by atoms with Gasteiger partial charge < -0.3 is 20.3 Å². The van der Waals surface area contributed by atoms with Crippen molar-refractivity contribution in [3.8, 4) is 5.75 Å². The number of carbonyl (C=O) groups excluding carboxylic acids is 1. The topological polar surface area (TPSA) is 95.9 Å². The van der Waals surface area contributed by atoms with Crippen LogP contribution in [0.5, 0.6) is 5.75 Å².